The molecule has 2 rings (SSSR count). The van der Waals surface area contributed by atoms with E-state index in [4.69, 9.17) is 15.3 Å². The summed E-state index contributed by atoms with van der Waals surface area (Å²) in [5.41, 5.74) is 6.22. The van der Waals surface area contributed by atoms with Gasteiger partial charge in [-0.25, -0.2) is 4.39 Å². The van der Waals surface area contributed by atoms with E-state index in [1.165, 1.54) is 12.1 Å². The van der Waals surface area contributed by atoms with Crippen molar-refractivity contribution in [2.24, 2.45) is 16.3 Å². The molecule has 104 valence electrons. The summed E-state index contributed by atoms with van der Waals surface area (Å²) in [6, 6.07) is 6.03. The number of oxime groups is 1. The number of amidine groups is 1. The lowest BCUT2D eigenvalue weighted by atomic mass is 9.88. The highest BCUT2D eigenvalue weighted by atomic mass is 19.1. The van der Waals surface area contributed by atoms with Gasteiger partial charge in [0.05, 0.1) is 25.2 Å². The van der Waals surface area contributed by atoms with Gasteiger partial charge in [-0.2, -0.15) is 0 Å². The van der Waals surface area contributed by atoms with Crippen LogP contribution in [0.1, 0.15) is 5.56 Å². The Balaban J connectivity index is 1.80. The molecule has 1 fully saturated rings. The molecule has 0 amide bonds. The number of ether oxygens (including phenoxy) is 1. The van der Waals surface area contributed by atoms with Crippen LogP contribution in [0.2, 0.25) is 0 Å². The maximum atomic E-state index is 12.7. The first-order chi connectivity index (χ1) is 9.13. The Labute approximate surface area is 110 Å². The van der Waals surface area contributed by atoms with E-state index < -0.39 is 0 Å². The quantitative estimate of drug-likeness (QED) is 0.451. The number of hydrogen-bond donors (Lipinski definition) is 2. The number of benzene rings is 1. The number of halogens is 1. The van der Waals surface area contributed by atoms with Crippen LogP contribution in [0.4, 0.5) is 4.39 Å². The Hall–Kier alpha value is -1.66. The Bertz CT molecular complexity index is 438. The van der Waals surface area contributed by atoms with Crippen LogP contribution in [-0.4, -0.2) is 37.4 Å². The number of aliphatic hydroxyl groups is 1. The SMILES string of the molecule is N/C(Cc1ccc(F)cc1)=N/OCC1(CO)COC1. The zero-order valence-electron chi connectivity index (χ0n) is 10.5. The van der Waals surface area contributed by atoms with Gasteiger partial charge in [0.1, 0.15) is 18.3 Å². The van der Waals surface area contributed by atoms with Gasteiger partial charge in [-0.05, 0) is 17.7 Å². The van der Waals surface area contributed by atoms with E-state index in [-0.39, 0.29) is 24.4 Å². The molecule has 0 aliphatic carbocycles. The highest BCUT2D eigenvalue weighted by molar-refractivity contribution is 5.82. The summed E-state index contributed by atoms with van der Waals surface area (Å²) in [6.45, 7) is 1.21. The van der Waals surface area contributed by atoms with Gasteiger partial charge in [-0.3, -0.25) is 0 Å². The van der Waals surface area contributed by atoms with E-state index in [9.17, 15) is 9.50 Å². The third-order valence-corrected chi connectivity index (χ3v) is 3.00. The van der Waals surface area contributed by atoms with Gasteiger partial charge in [0.2, 0.25) is 0 Å². The summed E-state index contributed by atoms with van der Waals surface area (Å²) in [6.07, 6.45) is 0.392. The molecule has 1 aliphatic rings. The Morgan fingerprint density at radius 2 is 2.11 bits per heavy atom. The van der Waals surface area contributed by atoms with Gasteiger partial charge in [-0.1, -0.05) is 17.3 Å². The molecule has 1 heterocycles. The van der Waals surface area contributed by atoms with E-state index >= 15 is 0 Å². The van der Waals surface area contributed by atoms with Crippen molar-refractivity contribution in [2.75, 3.05) is 26.4 Å². The molecule has 0 unspecified atom stereocenters. The van der Waals surface area contributed by atoms with Crippen molar-refractivity contribution in [3.8, 4) is 0 Å². The fraction of sp³-hybridized carbons (Fsp3) is 0.462. The normalized spacial score (nSPS) is 17.9. The van der Waals surface area contributed by atoms with Crippen molar-refractivity contribution >= 4 is 5.84 Å². The molecule has 0 aromatic heterocycles. The Kier molecular flexibility index (Phi) is 4.34. The summed E-state index contributed by atoms with van der Waals surface area (Å²) in [4.78, 5) is 5.14. The molecular weight excluding hydrogens is 251 g/mol. The second kappa shape index (κ2) is 5.99. The van der Waals surface area contributed by atoms with Crippen LogP contribution in [0, 0.1) is 11.2 Å². The van der Waals surface area contributed by atoms with E-state index in [1.54, 1.807) is 12.1 Å². The van der Waals surface area contributed by atoms with E-state index in [1.807, 2.05) is 0 Å². The van der Waals surface area contributed by atoms with Gasteiger partial charge in [0, 0.05) is 6.42 Å². The highest BCUT2D eigenvalue weighted by Gasteiger charge is 2.39. The maximum absolute atomic E-state index is 12.7. The van der Waals surface area contributed by atoms with E-state index in [2.05, 4.69) is 5.16 Å². The first kappa shape index (κ1) is 13.8. The third kappa shape index (κ3) is 3.65. The van der Waals surface area contributed by atoms with Crippen LogP contribution in [0.25, 0.3) is 0 Å². The highest BCUT2D eigenvalue weighted by Crippen LogP contribution is 2.26. The average Bonchev–Trinajstić information content (AvgIpc) is 2.35. The molecule has 1 saturated heterocycles. The molecule has 0 bridgehead atoms. The summed E-state index contributed by atoms with van der Waals surface area (Å²) >= 11 is 0. The monoisotopic (exact) mass is 268 g/mol. The molecule has 1 aromatic carbocycles. The van der Waals surface area contributed by atoms with Crippen LogP contribution in [0.15, 0.2) is 29.4 Å². The van der Waals surface area contributed by atoms with Crippen LogP contribution in [0.3, 0.4) is 0 Å². The summed E-state index contributed by atoms with van der Waals surface area (Å²) in [7, 11) is 0. The molecule has 0 radical (unpaired) electrons. The lowest BCUT2D eigenvalue weighted by Gasteiger charge is -2.38. The lowest BCUT2D eigenvalue weighted by molar-refractivity contribution is -0.168. The van der Waals surface area contributed by atoms with Crippen molar-refractivity contribution < 1.29 is 19.1 Å². The van der Waals surface area contributed by atoms with Crippen LogP contribution in [-0.2, 0) is 16.0 Å². The number of hydrogen-bond acceptors (Lipinski definition) is 4. The number of rotatable bonds is 6. The Morgan fingerprint density at radius 3 is 2.63 bits per heavy atom. The van der Waals surface area contributed by atoms with E-state index in [0.29, 0.717) is 25.5 Å². The van der Waals surface area contributed by atoms with E-state index in [0.717, 1.165) is 5.56 Å². The maximum Gasteiger partial charge on any atom is 0.143 e. The van der Waals surface area contributed by atoms with Gasteiger partial charge in [-0.15, -0.1) is 0 Å². The van der Waals surface area contributed by atoms with Gasteiger partial charge in [0.15, 0.2) is 0 Å². The second-order valence-electron chi connectivity index (χ2n) is 4.81. The van der Waals surface area contributed by atoms with Gasteiger partial charge in [0.25, 0.3) is 0 Å². The zero-order valence-corrected chi connectivity index (χ0v) is 10.5. The minimum atomic E-state index is -0.348. The van der Waals surface area contributed by atoms with Crippen molar-refractivity contribution in [1.82, 2.24) is 0 Å². The predicted molar refractivity (Wildman–Crippen MR) is 68.0 cm³/mol. The van der Waals surface area contributed by atoms with Gasteiger partial charge < -0.3 is 20.4 Å². The molecular formula is C13H17FN2O3. The van der Waals surface area contributed by atoms with Gasteiger partial charge >= 0.3 is 0 Å². The summed E-state index contributed by atoms with van der Waals surface area (Å²) in [5, 5.41) is 13.0. The molecule has 0 saturated carbocycles. The smallest absolute Gasteiger partial charge is 0.143 e. The molecule has 1 aromatic rings. The fourth-order valence-corrected chi connectivity index (χ4v) is 1.71. The van der Waals surface area contributed by atoms with Crippen LogP contribution >= 0.6 is 0 Å². The first-order valence-electron chi connectivity index (χ1n) is 6.01. The predicted octanol–water partition coefficient (Wildman–Crippen LogP) is 0.666. The fourth-order valence-electron chi connectivity index (χ4n) is 1.71. The third-order valence-electron chi connectivity index (χ3n) is 3.00. The standard InChI is InChI=1S/C13H17FN2O3/c14-11-3-1-10(2-4-11)5-12(15)16-19-9-13(6-17)7-18-8-13/h1-4,17H,5-9H2,(H2,15,16). The van der Waals surface area contributed by atoms with Crippen molar-refractivity contribution in [3.05, 3.63) is 35.6 Å². The average molecular weight is 268 g/mol. The zero-order chi connectivity index (χ0) is 13.7. The topological polar surface area (TPSA) is 77.1 Å². The van der Waals surface area contributed by atoms with Crippen LogP contribution in [0.5, 0.6) is 0 Å². The summed E-state index contributed by atoms with van der Waals surface area (Å²) < 4.78 is 17.8. The molecule has 3 N–H and O–H groups in total. The molecule has 0 spiro atoms. The van der Waals surface area contributed by atoms with Crippen molar-refractivity contribution in [3.63, 3.8) is 0 Å². The molecule has 5 nitrogen and oxygen atoms in total. The van der Waals surface area contributed by atoms with Crippen LogP contribution < -0.4 is 5.73 Å². The first-order valence-corrected chi connectivity index (χ1v) is 6.01. The van der Waals surface area contributed by atoms with Crippen molar-refractivity contribution in [2.45, 2.75) is 6.42 Å². The summed E-state index contributed by atoms with van der Waals surface area (Å²) in [5.74, 6) is 0.0188. The molecule has 6 heteroatoms. The van der Waals surface area contributed by atoms with Crippen molar-refractivity contribution in [1.29, 1.82) is 0 Å². The largest absolute Gasteiger partial charge is 0.395 e. The molecule has 1 aliphatic heterocycles. The molecule has 0 atom stereocenters. The second-order valence-corrected chi connectivity index (χ2v) is 4.81. The lowest BCUT2D eigenvalue weighted by Crippen LogP contribution is -2.48. The Morgan fingerprint density at radius 1 is 1.42 bits per heavy atom. The number of aliphatic hydroxyl groups excluding tert-OH is 1. The number of nitrogens with zero attached hydrogens (tertiary/aromatic N) is 1. The minimum absolute atomic E-state index is 0.000384. The number of nitrogens with two attached hydrogens (primary N) is 1. The molecule has 19 heavy (non-hydrogen) atoms. The minimum Gasteiger partial charge on any atom is -0.395 e.